The molecule has 186 valence electrons. The first kappa shape index (κ1) is 25.8. The molecule has 0 bridgehead atoms. The Kier molecular flexibility index (Phi) is 9.02. The van der Waals surface area contributed by atoms with Crippen LogP contribution in [0.25, 0.3) is 11.8 Å². The Labute approximate surface area is 218 Å². The number of thioether (sulfide) groups is 1. The first-order valence-corrected chi connectivity index (χ1v) is 13.6. The molecule has 36 heavy (non-hydrogen) atoms. The van der Waals surface area contributed by atoms with Gasteiger partial charge < -0.3 is 4.74 Å². The molecule has 0 spiro atoms. The second kappa shape index (κ2) is 12.6. The standard InChI is InChI=1S/C30H33N3O2S/c1-4-6-10-23-14-16-26(19-22(23)3)35-21-29-28(17-15-25(34)5-2)32-30(36-27-12-7-8-13-27)33(29)24-11-9-18-31-20-24/h9,11,14-20,27H,4-5,7-8,12-13,21H2,1-3H3/b17-15+. The lowest BCUT2D eigenvalue weighted by Gasteiger charge is -2.15. The van der Waals surface area contributed by atoms with Crippen molar-refractivity contribution in [3.05, 3.63) is 71.3 Å². The summed E-state index contributed by atoms with van der Waals surface area (Å²) in [6, 6.07) is 9.96. The van der Waals surface area contributed by atoms with Crippen molar-refractivity contribution >= 4 is 23.6 Å². The summed E-state index contributed by atoms with van der Waals surface area (Å²) in [6.45, 7) is 6.27. The Morgan fingerprint density at radius 3 is 2.78 bits per heavy atom. The number of rotatable bonds is 9. The molecule has 2 aromatic heterocycles. The third-order valence-electron chi connectivity index (χ3n) is 6.20. The highest BCUT2D eigenvalue weighted by Gasteiger charge is 2.24. The van der Waals surface area contributed by atoms with Gasteiger partial charge in [-0.3, -0.25) is 14.3 Å². The van der Waals surface area contributed by atoms with Crippen LogP contribution < -0.4 is 4.74 Å². The molecule has 0 N–H and O–H groups in total. The average Bonchev–Trinajstić information content (AvgIpc) is 3.53. The normalized spacial score (nSPS) is 13.6. The van der Waals surface area contributed by atoms with Gasteiger partial charge in [0.25, 0.3) is 0 Å². The summed E-state index contributed by atoms with van der Waals surface area (Å²) in [5, 5.41) is 1.46. The minimum atomic E-state index is 0.0715. The molecule has 0 unspecified atom stereocenters. The van der Waals surface area contributed by atoms with Crippen molar-refractivity contribution in [1.29, 1.82) is 0 Å². The van der Waals surface area contributed by atoms with Gasteiger partial charge in [0, 0.05) is 29.9 Å². The molecule has 5 nitrogen and oxygen atoms in total. The number of hydrogen-bond donors (Lipinski definition) is 0. The first-order chi connectivity index (χ1) is 17.6. The van der Waals surface area contributed by atoms with Gasteiger partial charge in [-0.1, -0.05) is 50.3 Å². The van der Waals surface area contributed by atoms with Crippen molar-refractivity contribution in [3.8, 4) is 23.3 Å². The number of hydrogen-bond acceptors (Lipinski definition) is 5. The third-order valence-corrected chi connectivity index (χ3v) is 7.49. The fourth-order valence-electron chi connectivity index (χ4n) is 4.20. The van der Waals surface area contributed by atoms with Crippen LogP contribution in [0.1, 0.15) is 74.9 Å². The van der Waals surface area contributed by atoms with Gasteiger partial charge in [0.05, 0.1) is 23.3 Å². The number of allylic oxidation sites excluding steroid dienone is 1. The highest BCUT2D eigenvalue weighted by molar-refractivity contribution is 7.99. The number of carbonyl (C=O) groups excluding carboxylic acids is 1. The van der Waals surface area contributed by atoms with E-state index in [1.807, 2.05) is 75.1 Å². The third kappa shape index (κ3) is 6.47. The van der Waals surface area contributed by atoms with E-state index < -0.39 is 0 Å². The topological polar surface area (TPSA) is 57.0 Å². The quantitative estimate of drug-likeness (QED) is 0.236. The van der Waals surface area contributed by atoms with E-state index in [1.54, 1.807) is 12.3 Å². The number of nitrogens with zero attached hydrogens (tertiary/aromatic N) is 3. The molecular formula is C30H33N3O2S. The molecule has 3 aromatic rings. The van der Waals surface area contributed by atoms with E-state index in [0.717, 1.165) is 45.5 Å². The van der Waals surface area contributed by atoms with Crippen LogP contribution in [-0.2, 0) is 11.4 Å². The van der Waals surface area contributed by atoms with Gasteiger partial charge in [0.2, 0.25) is 0 Å². The summed E-state index contributed by atoms with van der Waals surface area (Å²) in [5.74, 6) is 7.18. The van der Waals surface area contributed by atoms with Crippen LogP contribution in [0.15, 0.2) is 54.0 Å². The predicted molar refractivity (Wildman–Crippen MR) is 146 cm³/mol. The van der Waals surface area contributed by atoms with Crippen molar-refractivity contribution in [2.24, 2.45) is 0 Å². The Hall–Kier alpha value is -3.30. The van der Waals surface area contributed by atoms with E-state index in [1.165, 1.54) is 25.7 Å². The fraction of sp³-hybridized carbons (Fsp3) is 0.367. The van der Waals surface area contributed by atoms with E-state index in [9.17, 15) is 4.79 Å². The van der Waals surface area contributed by atoms with Crippen LogP contribution in [0.2, 0.25) is 0 Å². The number of aryl methyl sites for hydroxylation is 1. The highest BCUT2D eigenvalue weighted by Crippen LogP contribution is 2.37. The molecule has 0 atom stereocenters. The van der Waals surface area contributed by atoms with E-state index in [0.29, 0.717) is 18.3 Å². The summed E-state index contributed by atoms with van der Waals surface area (Å²) in [6.07, 6.45) is 13.3. The number of ether oxygens (including phenoxy) is 1. The van der Waals surface area contributed by atoms with Crippen LogP contribution in [0.4, 0.5) is 0 Å². The van der Waals surface area contributed by atoms with Crippen molar-refractivity contribution in [3.63, 3.8) is 0 Å². The van der Waals surface area contributed by atoms with Crippen molar-refractivity contribution in [1.82, 2.24) is 14.5 Å². The van der Waals surface area contributed by atoms with Crippen LogP contribution in [-0.4, -0.2) is 25.6 Å². The van der Waals surface area contributed by atoms with E-state index in [4.69, 9.17) is 9.72 Å². The van der Waals surface area contributed by atoms with Gasteiger partial charge in [-0.25, -0.2) is 4.98 Å². The SMILES string of the molecule is CCC#Cc1ccc(OCc2c(/C=C/C(=O)CC)nc(SC3CCCC3)n2-c2cccnc2)cc1C. The van der Waals surface area contributed by atoms with E-state index in [-0.39, 0.29) is 5.78 Å². The summed E-state index contributed by atoms with van der Waals surface area (Å²) >= 11 is 1.82. The summed E-state index contributed by atoms with van der Waals surface area (Å²) in [4.78, 5) is 21.4. The Morgan fingerprint density at radius 2 is 2.08 bits per heavy atom. The summed E-state index contributed by atoms with van der Waals surface area (Å²) < 4.78 is 8.43. The molecular weight excluding hydrogens is 466 g/mol. The minimum absolute atomic E-state index is 0.0715. The van der Waals surface area contributed by atoms with Crippen LogP contribution >= 0.6 is 11.8 Å². The molecule has 1 fully saturated rings. The molecule has 0 aliphatic heterocycles. The van der Waals surface area contributed by atoms with Crippen molar-refractivity contribution in [2.75, 3.05) is 0 Å². The van der Waals surface area contributed by atoms with Crippen molar-refractivity contribution < 1.29 is 9.53 Å². The Bertz CT molecular complexity index is 1280. The molecule has 2 heterocycles. The van der Waals surface area contributed by atoms with Gasteiger partial charge in [0.1, 0.15) is 12.4 Å². The molecule has 0 saturated heterocycles. The minimum Gasteiger partial charge on any atom is -0.487 e. The monoisotopic (exact) mass is 499 g/mol. The van der Waals surface area contributed by atoms with Gasteiger partial charge in [-0.15, -0.1) is 0 Å². The highest BCUT2D eigenvalue weighted by atomic mass is 32.2. The maximum atomic E-state index is 12.1. The Balaban J connectivity index is 1.71. The maximum absolute atomic E-state index is 12.1. The molecule has 0 amide bonds. The zero-order chi connectivity index (χ0) is 25.3. The van der Waals surface area contributed by atoms with E-state index in [2.05, 4.69) is 21.4 Å². The molecule has 1 aliphatic carbocycles. The smallest absolute Gasteiger partial charge is 0.173 e. The molecule has 1 aromatic carbocycles. The number of benzene rings is 1. The van der Waals surface area contributed by atoms with Crippen LogP contribution in [0.5, 0.6) is 5.75 Å². The van der Waals surface area contributed by atoms with Gasteiger partial charge in [-0.2, -0.15) is 0 Å². The number of aromatic nitrogens is 3. The van der Waals surface area contributed by atoms with Gasteiger partial charge in [-0.05, 0) is 67.8 Å². The first-order valence-electron chi connectivity index (χ1n) is 12.7. The van der Waals surface area contributed by atoms with Gasteiger partial charge in [0.15, 0.2) is 10.9 Å². The maximum Gasteiger partial charge on any atom is 0.173 e. The molecule has 1 aliphatic rings. The second-order valence-electron chi connectivity index (χ2n) is 8.87. The summed E-state index contributed by atoms with van der Waals surface area (Å²) in [7, 11) is 0. The van der Waals surface area contributed by atoms with Gasteiger partial charge >= 0.3 is 0 Å². The molecule has 6 heteroatoms. The molecule has 0 radical (unpaired) electrons. The van der Waals surface area contributed by atoms with Crippen LogP contribution in [0.3, 0.4) is 0 Å². The number of ketones is 1. The lowest BCUT2D eigenvalue weighted by atomic mass is 10.1. The van der Waals surface area contributed by atoms with Crippen molar-refractivity contribution in [2.45, 2.75) is 76.3 Å². The van der Waals surface area contributed by atoms with Crippen LogP contribution in [0, 0.1) is 18.8 Å². The zero-order valence-corrected chi connectivity index (χ0v) is 22.1. The predicted octanol–water partition coefficient (Wildman–Crippen LogP) is 6.94. The lowest BCUT2D eigenvalue weighted by Crippen LogP contribution is -2.08. The molecule has 1 saturated carbocycles. The number of imidazole rings is 1. The molecule has 4 rings (SSSR count). The Morgan fingerprint density at radius 1 is 1.25 bits per heavy atom. The number of carbonyl (C=O) groups is 1. The fourth-order valence-corrected chi connectivity index (χ4v) is 5.54. The second-order valence-corrected chi connectivity index (χ2v) is 10.1. The van der Waals surface area contributed by atoms with E-state index >= 15 is 0 Å². The lowest BCUT2D eigenvalue weighted by molar-refractivity contribution is -0.114. The zero-order valence-electron chi connectivity index (χ0n) is 21.3. The largest absolute Gasteiger partial charge is 0.487 e. The number of pyridine rings is 1. The summed E-state index contributed by atoms with van der Waals surface area (Å²) in [5.41, 5.74) is 4.69. The average molecular weight is 500 g/mol.